The standard InChI is InChI=1S/C11H13NO/c1-2-3-6-9-7-4-5-8-10(9)11(12)13/h2-5,7-8H,6H2,1H3,(H2,12,13). The van der Waals surface area contributed by atoms with Crippen LogP contribution in [0.25, 0.3) is 0 Å². The summed E-state index contributed by atoms with van der Waals surface area (Å²) in [7, 11) is 0. The lowest BCUT2D eigenvalue weighted by molar-refractivity contribution is 0.0999. The van der Waals surface area contributed by atoms with Crippen LogP contribution in [0.4, 0.5) is 0 Å². The van der Waals surface area contributed by atoms with E-state index < -0.39 is 0 Å². The fourth-order valence-electron chi connectivity index (χ4n) is 1.18. The van der Waals surface area contributed by atoms with Crippen molar-refractivity contribution in [2.45, 2.75) is 13.3 Å². The SMILES string of the molecule is CC=CCc1ccccc1C(N)=O. The number of amides is 1. The van der Waals surface area contributed by atoms with Crippen molar-refractivity contribution in [1.82, 2.24) is 0 Å². The first-order valence-electron chi connectivity index (χ1n) is 4.24. The van der Waals surface area contributed by atoms with Gasteiger partial charge in [0.25, 0.3) is 0 Å². The maximum atomic E-state index is 11.0. The maximum Gasteiger partial charge on any atom is 0.248 e. The van der Waals surface area contributed by atoms with Crippen molar-refractivity contribution < 1.29 is 4.79 Å². The van der Waals surface area contributed by atoms with Gasteiger partial charge >= 0.3 is 0 Å². The summed E-state index contributed by atoms with van der Waals surface area (Å²) in [5, 5.41) is 0. The molecule has 0 saturated heterocycles. The van der Waals surface area contributed by atoms with E-state index in [9.17, 15) is 4.79 Å². The number of nitrogens with two attached hydrogens (primary N) is 1. The van der Waals surface area contributed by atoms with Gasteiger partial charge in [0, 0.05) is 5.56 Å². The molecular weight excluding hydrogens is 162 g/mol. The molecule has 1 amide bonds. The van der Waals surface area contributed by atoms with Crippen LogP contribution in [0.15, 0.2) is 36.4 Å². The highest BCUT2D eigenvalue weighted by Gasteiger charge is 2.04. The van der Waals surface area contributed by atoms with Crippen LogP contribution in [0.2, 0.25) is 0 Å². The normalized spacial score (nSPS) is 10.5. The van der Waals surface area contributed by atoms with Crippen LogP contribution in [0.1, 0.15) is 22.8 Å². The van der Waals surface area contributed by atoms with Gasteiger partial charge in [-0.1, -0.05) is 30.4 Å². The molecule has 0 saturated carbocycles. The Bertz CT molecular complexity index is 329. The van der Waals surface area contributed by atoms with E-state index >= 15 is 0 Å². The van der Waals surface area contributed by atoms with Crippen molar-refractivity contribution >= 4 is 5.91 Å². The summed E-state index contributed by atoms with van der Waals surface area (Å²) in [4.78, 5) is 11.0. The fraction of sp³-hybridized carbons (Fsp3) is 0.182. The van der Waals surface area contributed by atoms with E-state index in [1.807, 2.05) is 37.3 Å². The molecule has 0 aromatic heterocycles. The maximum absolute atomic E-state index is 11.0. The molecule has 1 rings (SSSR count). The highest BCUT2D eigenvalue weighted by Crippen LogP contribution is 2.08. The number of carbonyl (C=O) groups is 1. The molecule has 0 aliphatic rings. The molecule has 68 valence electrons. The first kappa shape index (κ1) is 9.52. The van der Waals surface area contributed by atoms with Crippen LogP contribution >= 0.6 is 0 Å². The molecule has 0 bridgehead atoms. The van der Waals surface area contributed by atoms with Gasteiger partial charge in [-0.3, -0.25) is 4.79 Å². The first-order valence-corrected chi connectivity index (χ1v) is 4.24. The van der Waals surface area contributed by atoms with Crippen LogP contribution in [0.3, 0.4) is 0 Å². The van der Waals surface area contributed by atoms with Gasteiger partial charge in [0.05, 0.1) is 0 Å². The predicted molar refractivity (Wildman–Crippen MR) is 53.5 cm³/mol. The Morgan fingerprint density at radius 1 is 1.46 bits per heavy atom. The molecule has 2 heteroatoms. The summed E-state index contributed by atoms with van der Waals surface area (Å²) in [6.45, 7) is 1.95. The summed E-state index contributed by atoms with van der Waals surface area (Å²) in [6, 6.07) is 7.39. The van der Waals surface area contributed by atoms with Crippen molar-refractivity contribution in [3.8, 4) is 0 Å². The minimum atomic E-state index is -0.361. The monoisotopic (exact) mass is 175 g/mol. The zero-order valence-corrected chi connectivity index (χ0v) is 7.66. The third kappa shape index (κ3) is 2.44. The highest BCUT2D eigenvalue weighted by atomic mass is 16.1. The molecule has 0 fully saturated rings. The van der Waals surface area contributed by atoms with Crippen LogP contribution in [0, 0.1) is 0 Å². The molecular formula is C11H13NO. The highest BCUT2D eigenvalue weighted by molar-refractivity contribution is 5.94. The first-order chi connectivity index (χ1) is 6.25. The fourth-order valence-corrected chi connectivity index (χ4v) is 1.18. The van der Waals surface area contributed by atoms with Gasteiger partial charge in [0.15, 0.2) is 0 Å². The number of benzene rings is 1. The molecule has 1 aromatic rings. The van der Waals surface area contributed by atoms with Crippen molar-refractivity contribution in [2.24, 2.45) is 5.73 Å². The number of hydrogen-bond donors (Lipinski definition) is 1. The summed E-state index contributed by atoms with van der Waals surface area (Å²) in [6.07, 6.45) is 4.72. The van der Waals surface area contributed by atoms with Gasteiger partial charge in [0.1, 0.15) is 0 Å². The lowest BCUT2D eigenvalue weighted by Crippen LogP contribution is -2.13. The molecule has 0 spiro atoms. The van der Waals surface area contributed by atoms with Crippen LogP contribution in [0.5, 0.6) is 0 Å². The van der Waals surface area contributed by atoms with E-state index in [1.165, 1.54) is 0 Å². The third-order valence-corrected chi connectivity index (χ3v) is 1.86. The quantitative estimate of drug-likeness (QED) is 0.700. The molecule has 0 radical (unpaired) electrons. The second-order valence-electron chi connectivity index (χ2n) is 2.79. The van der Waals surface area contributed by atoms with E-state index in [4.69, 9.17) is 5.73 Å². The van der Waals surface area contributed by atoms with E-state index in [-0.39, 0.29) is 5.91 Å². The van der Waals surface area contributed by atoms with Gasteiger partial charge in [0.2, 0.25) is 5.91 Å². The minimum absolute atomic E-state index is 0.361. The molecule has 2 nitrogen and oxygen atoms in total. The average molecular weight is 175 g/mol. The number of hydrogen-bond acceptors (Lipinski definition) is 1. The van der Waals surface area contributed by atoms with E-state index in [2.05, 4.69) is 0 Å². The Morgan fingerprint density at radius 2 is 2.15 bits per heavy atom. The molecule has 2 N–H and O–H groups in total. The minimum Gasteiger partial charge on any atom is -0.366 e. The number of allylic oxidation sites excluding steroid dienone is 2. The van der Waals surface area contributed by atoms with E-state index in [0.29, 0.717) is 5.56 Å². The largest absolute Gasteiger partial charge is 0.366 e. The second kappa shape index (κ2) is 4.45. The molecule has 13 heavy (non-hydrogen) atoms. The van der Waals surface area contributed by atoms with Gasteiger partial charge < -0.3 is 5.73 Å². The second-order valence-corrected chi connectivity index (χ2v) is 2.79. The number of carbonyl (C=O) groups excluding carboxylic acids is 1. The molecule has 0 heterocycles. The number of primary amides is 1. The Balaban J connectivity index is 2.97. The Labute approximate surface area is 78.1 Å². The van der Waals surface area contributed by atoms with Crippen molar-refractivity contribution in [3.05, 3.63) is 47.5 Å². The Kier molecular flexibility index (Phi) is 3.26. The van der Waals surface area contributed by atoms with Crippen LogP contribution < -0.4 is 5.73 Å². The van der Waals surface area contributed by atoms with Gasteiger partial charge in [-0.25, -0.2) is 0 Å². The zero-order chi connectivity index (χ0) is 9.68. The summed E-state index contributed by atoms with van der Waals surface area (Å²) in [5.74, 6) is -0.361. The number of rotatable bonds is 3. The average Bonchev–Trinajstić information content (AvgIpc) is 2.15. The smallest absolute Gasteiger partial charge is 0.248 e. The molecule has 0 atom stereocenters. The molecule has 0 unspecified atom stereocenters. The van der Waals surface area contributed by atoms with Gasteiger partial charge in [-0.05, 0) is 25.0 Å². The lowest BCUT2D eigenvalue weighted by atomic mass is 10.0. The lowest BCUT2D eigenvalue weighted by Gasteiger charge is -2.02. The van der Waals surface area contributed by atoms with E-state index in [0.717, 1.165) is 12.0 Å². The van der Waals surface area contributed by atoms with Gasteiger partial charge in [-0.2, -0.15) is 0 Å². The van der Waals surface area contributed by atoms with Crippen LogP contribution in [-0.2, 0) is 6.42 Å². The summed E-state index contributed by atoms with van der Waals surface area (Å²) < 4.78 is 0. The predicted octanol–water partition coefficient (Wildman–Crippen LogP) is 1.90. The Hall–Kier alpha value is -1.57. The topological polar surface area (TPSA) is 43.1 Å². The van der Waals surface area contributed by atoms with Crippen molar-refractivity contribution in [3.63, 3.8) is 0 Å². The van der Waals surface area contributed by atoms with E-state index in [1.54, 1.807) is 6.07 Å². The van der Waals surface area contributed by atoms with Gasteiger partial charge in [-0.15, -0.1) is 0 Å². The Morgan fingerprint density at radius 3 is 2.77 bits per heavy atom. The molecule has 1 aromatic carbocycles. The summed E-state index contributed by atoms with van der Waals surface area (Å²) >= 11 is 0. The van der Waals surface area contributed by atoms with Crippen molar-refractivity contribution in [1.29, 1.82) is 0 Å². The zero-order valence-electron chi connectivity index (χ0n) is 7.66. The molecule has 0 aliphatic heterocycles. The van der Waals surface area contributed by atoms with Crippen LogP contribution in [-0.4, -0.2) is 5.91 Å². The third-order valence-electron chi connectivity index (χ3n) is 1.86. The van der Waals surface area contributed by atoms with Crippen molar-refractivity contribution in [2.75, 3.05) is 0 Å². The summed E-state index contributed by atoms with van der Waals surface area (Å²) in [5.41, 5.74) is 6.81. The molecule has 0 aliphatic carbocycles.